The van der Waals surface area contributed by atoms with Crippen molar-refractivity contribution < 1.29 is 4.74 Å². The van der Waals surface area contributed by atoms with E-state index >= 15 is 0 Å². The van der Waals surface area contributed by atoms with Crippen molar-refractivity contribution in [2.24, 2.45) is 5.73 Å². The Morgan fingerprint density at radius 3 is 2.80 bits per heavy atom. The number of rotatable bonds is 5. The second-order valence-electron chi connectivity index (χ2n) is 3.04. The summed E-state index contributed by atoms with van der Waals surface area (Å²) in [5.41, 5.74) is 5.39. The van der Waals surface area contributed by atoms with E-state index in [0.29, 0.717) is 18.2 Å². The second kappa shape index (κ2) is 6.93. The molecule has 0 saturated carbocycles. The molecule has 0 spiro atoms. The molecule has 0 aromatic heterocycles. The molecular weight excluding hydrogens is 392 g/mol. The second-order valence-corrected chi connectivity index (χ2v) is 5.46. The van der Waals surface area contributed by atoms with Crippen LogP contribution in [0.3, 0.4) is 0 Å². The molecule has 1 rings (SSSR count). The first-order chi connectivity index (χ1) is 7.15. The maximum Gasteiger partial charge on any atom is 0.139 e. The van der Waals surface area contributed by atoms with Gasteiger partial charge in [0.15, 0.2) is 0 Å². The van der Waals surface area contributed by atoms with Crippen molar-refractivity contribution in [3.63, 3.8) is 0 Å². The van der Waals surface area contributed by atoms with Crippen LogP contribution in [0, 0.1) is 3.57 Å². The lowest BCUT2D eigenvalue weighted by molar-refractivity contribution is 0.308. The van der Waals surface area contributed by atoms with Crippen molar-refractivity contribution in [2.45, 2.75) is 12.8 Å². The van der Waals surface area contributed by atoms with Crippen LogP contribution in [-0.4, -0.2) is 13.2 Å². The minimum Gasteiger partial charge on any atom is -0.492 e. The Hall–Kier alpha value is 0.480. The van der Waals surface area contributed by atoms with Crippen LogP contribution in [0.4, 0.5) is 0 Å². The number of hydrogen-bond donors (Lipinski definition) is 1. The Morgan fingerprint density at radius 1 is 1.40 bits per heavy atom. The van der Waals surface area contributed by atoms with Gasteiger partial charge in [-0.25, -0.2) is 0 Å². The van der Waals surface area contributed by atoms with Crippen LogP contribution in [0.5, 0.6) is 5.75 Å². The zero-order valence-corrected chi connectivity index (χ0v) is 12.6. The molecule has 1 aromatic rings. The molecule has 84 valence electrons. The van der Waals surface area contributed by atoms with Gasteiger partial charge in [0.05, 0.1) is 11.6 Å². The summed E-state index contributed by atoms with van der Waals surface area (Å²) in [6, 6.07) is 3.77. The number of unbranched alkanes of at least 4 members (excludes halogenated alkanes) is 1. The van der Waals surface area contributed by atoms with Gasteiger partial charge in [-0.3, -0.25) is 0 Å². The highest BCUT2D eigenvalue weighted by atomic mass is 127. The highest BCUT2D eigenvalue weighted by Crippen LogP contribution is 2.32. The normalized spacial score (nSPS) is 10.4. The highest BCUT2D eigenvalue weighted by molar-refractivity contribution is 14.1. The molecule has 1 aromatic carbocycles. The summed E-state index contributed by atoms with van der Waals surface area (Å²) in [6.07, 6.45) is 1.94. The van der Waals surface area contributed by atoms with Gasteiger partial charge in [0, 0.05) is 8.04 Å². The highest BCUT2D eigenvalue weighted by Gasteiger charge is 2.05. The van der Waals surface area contributed by atoms with Gasteiger partial charge in [0.2, 0.25) is 0 Å². The first-order valence-corrected chi connectivity index (χ1v) is 6.87. The fourth-order valence-electron chi connectivity index (χ4n) is 1.04. The van der Waals surface area contributed by atoms with Gasteiger partial charge in [-0.1, -0.05) is 11.6 Å². The lowest BCUT2D eigenvalue weighted by Gasteiger charge is -2.09. The SMILES string of the molecule is NCCCCOc1cc(I)c(Br)cc1Cl. The third-order valence-electron chi connectivity index (χ3n) is 1.83. The van der Waals surface area contributed by atoms with E-state index in [-0.39, 0.29) is 0 Å². The first kappa shape index (κ1) is 13.5. The molecule has 2 nitrogen and oxygen atoms in total. The Balaban J connectivity index is 2.57. The quantitative estimate of drug-likeness (QED) is 0.460. The van der Waals surface area contributed by atoms with Crippen molar-refractivity contribution in [3.8, 4) is 5.75 Å². The molecule has 0 bridgehead atoms. The van der Waals surface area contributed by atoms with Gasteiger partial charge in [0.1, 0.15) is 5.75 Å². The predicted octanol–water partition coefficient (Wildman–Crippen LogP) is 3.82. The number of hydrogen-bond acceptors (Lipinski definition) is 2. The Kier molecular flexibility index (Phi) is 6.26. The fourth-order valence-corrected chi connectivity index (χ4v) is 2.18. The molecule has 0 atom stereocenters. The van der Waals surface area contributed by atoms with E-state index in [0.717, 1.165) is 26.6 Å². The molecule has 2 N–H and O–H groups in total. The van der Waals surface area contributed by atoms with Crippen LogP contribution in [0.25, 0.3) is 0 Å². The molecule has 0 saturated heterocycles. The van der Waals surface area contributed by atoms with Crippen molar-refractivity contribution in [1.29, 1.82) is 0 Å². The van der Waals surface area contributed by atoms with Gasteiger partial charge in [-0.2, -0.15) is 0 Å². The summed E-state index contributed by atoms with van der Waals surface area (Å²) in [5.74, 6) is 0.737. The summed E-state index contributed by atoms with van der Waals surface area (Å²) in [4.78, 5) is 0. The summed E-state index contributed by atoms with van der Waals surface area (Å²) < 4.78 is 7.64. The van der Waals surface area contributed by atoms with Crippen LogP contribution in [0.2, 0.25) is 5.02 Å². The molecule has 0 radical (unpaired) electrons. The third-order valence-corrected chi connectivity index (χ3v) is 4.42. The predicted molar refractivity (Wildman–Crippen MR) is 75.7 cm³/mol. The van der Waals surface area contributed by atoms with Crippen LogP contribution in [0.15, 0.2) is 16.6 Å². The van der Waals surface area contributed by atoms with Gasteiger partial charge in [0.25, 0.3) is 0 Å². The van der Waals surface area contributed by atoms with Crippen molar-refractivity contribution in [3.05, 3.63) is 25.2 Å². The number of ether oxygens (including phenoxy) is 1. The standard InChI is InChI=1S/C10H12BrClINO/c11-7-5-8(12)10(6-9(7)13)15-4-2-1-3-14/h5-6H,1-4,14H2. The first-order valence-electron chi connectivity index (χ1n) is 4.62. The topological polar surface area (TPSA) is 35.2 Å². The summed E-state index contributed by atoms with van der Waals surface area (Å²) >= 11 is 11.7. The van der Waals surface area contributed by atoms with Crippen LogP contribution < -0.4 is 10.5 Å². The zero-order chi connectivity index (χ0) is 11.3. The molecule has 0 amide bonds. The van der Waals surface area contributed by atoms with Crippen molar-refractivity contribution in [1.82, 2.24) is 0 Å². The largest absolute Gasteiger partial charge is 0.492 e. The maximum absolute atomic E-state index is 6.03. The smallest absolute Gasteiger partial charge is 0.139 e. The Labute approximate surface area is 117 Å². The van der Waals surface area contributed by atoms with Gasteiger partial charge in [-0.05, 0) is 70.0 Å². The molecule has 0 unspecified atom stereocenters. The van der Waals surface area contributed by atoms with Crippen LogP contribution >= 0.6 is 50.1 Å². The van der Waals surface area contributed by atoms with Crippen molar-refractivity contribution in [2.75, 3.05) is 13.2 Å². The van der Waals surface area contributed by atoms with E-state index in [2.05, 4.69) is 38.5 Å². The third kappa shape index (κ3) is 4.46. The van der Waals surface area contributed by atoms with Gasteiger partial charge in [-0.15, -0.1) is 0 Å². The van der Waals surface area contributed by atoms with E-state index in [4.69, 9.17) is 22.1 Å². The van der Waals surface area contributed by atoms with Crippen LogP contribution in [0.1, 0.15) is 12.8 Å². The molecule has 15 heavy (non-hydrogen) atoms. The maximum atomic E-state index is 6.03. The number of nitrogens with two attached hydrogens (primary N) is 1. The minimum absolute atomic E-state index is 0.634. The lowest BCUT2D eigenvalue weighted by atomic mass is 10.3. The van der Waals surface area contributed by atoms with E-state index < -0.39 is 0 Å². The van der Waals surface area contributed by atoms with E-state index in [9.17, 15) is 0 Å². The molecule has 0 aliphatic carbocycles. The summed E-state index contributed by atoms with van der Waals surface area (Å²) in [7, 11) is 0. The van der Waals surface area contributed by atoms with E-state index in [1.165, 1.54) is 0 Å². The molecular formula is C10H12BrClINO. The van der Waals surface area contributed by atoms with Crippen LogP contribution in [-0.2, 0) is 0 Å². The fraction of sp³-hybridized carbons (Fsp3) is 0.400. The Bertz CT molecular complexity index is 335. The molecule has 0 aliphatic heterocycles. The summed E-state index contributed by atoms with van der Waals surface area (Å²) in [5, 5.41) is 0.634. The average Bonchev–Trinajstić information content (AvgIpc) is 2.20. The zero-order valence-electron chi connectivity index (χ0n) is 8.10. The molecule has 0 fully saturated rings. The van der Waals surface area contributed by atoms with Crippen molar-refractivity contribution >= 4 is 50.1 Å². The minimum atomic E-state index is 0.634. The average molecular weight is 404 g/mol. The van der Waals surface area contributed by atoms with E-state index in [1.807, 2.05) is 12.1 Å². The molecule has 5 heteroatoms. The molecule has 0 heterocycles. The van der Waals surface area contributed by atoms with Gasteiger partial charge < -0.3 is 10.5 Å². The van der Waals surface area contributed by atoms with Gasteiger partial charge >= 0.3 is 0 Å². The summed E-state index contributed by atoms with van der Waals surface area (Å²) in [6.45, 7) is 1.36. The monoisotopic (exact) mass is 403 g/mol. The Morgan fingerprint density at radius 2 is 2.13 bits per heavy atom. The number of benzene rings is 1. The number of halogens is 3. The lowest BCUT2D eigenvalue weighted by Crippen LogP contribution is -2.03. The molecule has 0 aliphatic rings. The van der Waals surface area contributed by atoms with E-state index in [1.54, 1.807) is 0 Å².